The van der Waals surface area contributed by atoms with Crippen LogP contribution in [0.2, 0.25) is 0 Å². The SMILES string of the molecule is O=C(CN(c1ccccc1F)S(=O)(=O)c1ccccc1)NCCOc1ccc(S(=O)(=O)N2CCOCC2)cc1. The molecule has 0 unspecified atom stereocenters. The number of morpholine rings is 1. The average molecular weight is 578 g/mol. The normalized spacial score (nSPS) is 14.5. The Hall–Kier alpha value is -3.52. The van der Waals surface area contributed by atoms with E-state index in [1.54, 1.807) is 6.07 Å². The summed E-state index contributed by atoms with van der Waals surface area (Å²) in [4.78, 5) is 12.7. The highest BCUT2D eigenvalue weighted by atomic mass is 32.2. The van der Waals surface area contributed by atoms with Crippen molar-refractivity contribution >= 4 is 31.6 Å². The van der Waals surface area contributed by atoms with Crippen LogP contribution < -0.4 is 14.4 Å². The summed E-state index contributed by atoms with van der Waals surface area (Å²) < 4.78 is 79.3. The summed E-state index contributed by atoms with van der Waals surface area (Å²) in [7, 11) is -7.85. The van der Waals surface area contributed by atoms with E-state index in [0.717, 1.165) is 10.4 Å². The van der Waals surface area contributed by atoms with Gasteiger partial charge in [0, 0.05) is 13.1 Å². The summed E-state index contributed by atoms with van der Waals surface area (Å²) in [5.41, 5.74) is -0.250. The lowest BCUT2D eigenvalue weighted by atomic mass is 10.3. The van der Waals surface area contributed by atoms with Crippen molar-refractivity contribution < 1.29 is 35.5 Å². The smallest absolute Gasteiger partial charge is 0.264 e. The van der Waals surface area contributed by atoms with Crippen molar-refractivity contribution in [3.05, 3.63) is 84.7 Å². The van der Waals surface area contributed by atoms with E-state index >= 15 is 0 Å². The molecule has 0 bridgehead atoms. The zero-order chi connectivity index (χ0) is 27.9. The van der Waals surface area contributed by atoms with Gasteiger partial charge in [-0.3, -0.25) is 9.10 Å². The molecule has 1 N–H and O–H groups in total. The first-order valence-corrected chi connectivity index (χ1v) is 15.0. The lowest BCUT2D eigenvalue weighted by molar-refractivity contribution is -0.119. The van der Waals surface area contributed by atoms with Crippen molar-refractivity contribution in [2.75, 3.05) is 50.3 Å². The molecule has 10 nitrogen and oxygen atoms in total. The quantitative estimate of drug-likeness (QED) is 0.347. The maximum atomic E-state index is 14.5. The van der Waals surface area contributed by atoms with Crippen LogP contribution in [0.4, 0.5) is 10.1 Å². The van der Waals surface area contributed by atoms with Gasteiger partial charge in [0.1, 0.15) is 24.7 Å². The minimum absolute atomic E-state index is 0.0309. The third-order valence-corrected chi connectivity index (χ3v) is 9.55. The maximum absolute atomic E-state index is 14.5. The van der Waals surface area contributed by atoms with E-state index in [1.165, 1.54) is 71.0 Å². The fourth-order valence-electron chi connectivity index (χ4n) is 3.86. The Kier molecular flexibility index (Phi) is 9.17. The van der Waals surface area contributed by atoms with Crippen molar-refractivity contribution in [3.8, 4) is 5.75 Å². The highest BCUT2D eigenvalue weighted by Gasteiger charge is 2.29. The van der Waals surface area contributed by atoms with E-state index in [2.05, 4.69) is 5.32 Å². The Morgan fingerprint density at radius 3 is 2.21 bits per heavy atom. The average Bonchev–Trinajstić information content (AvgIpc) is 2.95. The number of carbonyl (C=O) groups is 1. The first-order chi connectivity index (χ1) is 18.7. The van der Waals surface area contributed by atoms with Crippen molar-refractivity contribution in [3.63, 3.8) is 0 Å². The minimum atomic E-state index is -4.23. The third kappa shape index (κ3) is 6.92. The topological polar surface area (TPSA) is 122 Å². The number of benzene rings is 3. The van der Waals surface area contributed by atoms with Gasteiger partial charge in [0.25, 0.3) is 10.0 Å². The summed E-state index contributed by atoms with van der Waals surface area (Å²) in [6.07, 6.45) is 0. The molecule has 1 amide bonds. The fourth-order valence-corrected chi connectivity index (χ4v) is 6.72. The summed E-state index contributed by atoms with van der Waals surface area (Å²) >= 11 is 0. The number of rotatable bonds is 11. The predicted molar refractivity (Wildman–Crippen MR) is 142 cm³/mol. The van der Waals surface area contributed by atoms with Crippen molar-refractivity contribution in [2.45, 2.75) is 9.79 Å². The third-order valence-electron chi connectivity index (χ3n) is 5.86. The molecule has 0 atom stereocenters. The Bertz CT molecular complexity index is 1480. The van der Waals surface area contributed by atoms with E-state index < -0.39 is 38.3 Å². The van der Waals surface area contributed by atoms with Crippen LogP contribution in [0.3, 0.4) is 0 Å². The standard InChI is InChI=1S/C26H28FN3O7S2/c27-24-8-4-5-9-25(24)30(39(34,35)22-6-2-1-3-7-22)20-26(31)28-14-17-37-21-10-12-23(13-11-21)38(32,33)29-15-18-36-19-16-29/h1-13H,14-20H2,(H,28,31). The van der Waals surface area contributed by atoms with Gasteiger partial charge in [0.2, 0.25) is 15.9 Å². The number of amides is 1. The van der Waals surface area contributed by atoms with Gasteiger partial charge in [-0.15, -0.1) is 0 Å². The number of carbonyl (C=O) groups excluding carboxylic acids is 1. The molecule has 3 aromatic carbocycles. The maximum Gasteiger partial charge on any atom is 0.264 e. The highest BCUT2D eigenvalue weighted by molar-refractivity contribution is 7.92. The summed E-state index contributed by atoms with van der Waals surface area (Å²) in [5, 5.41) is 2.57. The van der Waals surface area contributed by atoms with Gasteiger partial charge in [-0.2, -0.15) is 4.31 Å². The van der Waals surface area contributed by atoms with E-state index in [1.807, 2.05) is 0 Å². The Labute approximate surface area is 227 Å². The van der Waals surface area contributed by atoms with Gasteiger partial charge in [-0.25, -0.2) is 21.2 Å². The number of hydrogen-bond acceptors (Lipinski definition) is 7. The van der Waals surface area contributed by atoms with Crippen LogP contribution >= 0.6 is 0 Å². The summed E-state index contributed by atoms with van der Waals surface area (Å²) in [6, 6.07) is 18.7. The number of anilines is 1. The molecule has 3 aromatic rings. The molecule has 1 heterocycles. The van der Waals surface area contributed by atoms with Crippen LogP contribution in [0.5, 0.6) is 5.75 Å². The van der Waals surface area contributed by atoms with E-state index in [4.69, 9.17) is 9.47 Å². The zero-order valence-electron chi connectivity index (χ0n) is 20.9. The summed E-state index contributed by atoms with van der Waals surface area (Å²) in [6.45, 7) is 0.704. The Morgan fingerprint density at radius 2 is 1.54 bits per heavy atom. The molecule has 1 aliphatic rings. The van der Waals surface area contributed by atoms with Crippen LogP contribution in [0.15, 0.2) is 88.7 Å². The molecule has 13 heteroatoms. The molecule has 0 aromatic heterocycles. The van der Waals surface area contributed by atoms with Crippen molar-refractivity contribution in [2.24, 2.45) is 0 Å². The molecular weight excluding hydrogens is 549 g/mol. The van der Waals surface area contributed by atoms with Crippen LogP contribution in [-0.2, 0) is 29.6 Å². The van der Waals surface area contributed by atoms with Gasteiger partial charge >= 0.3 is 0 Å². The second-order valence-electron chi connectivity index (χ2n) is 8.46. The number of nitrogens with zero attached hydrogens (tertiary/aromatic N) is 2. The van der Waals surface area contributed by atoms with Gasteiger partial charge in [-0.05, 0) is 48.5 Å². The van der Waals surface area contributed by atoms with E-state index in [9.17, 15) is 26.0 Å². The lowest BCUT2D eigenvalue weighted by Gasteiger charge is -2.26. The molecule has 1 aliphatic heterocycles. The molecule has 4 rings (SSSR count). The lowest BCUT2D eigenvalue weighted by Crippen LogP contribution is -2.42. The number of sulfonamides is 2. The fraction of sp³-hybridized carbons (Fsp3) is 0.269. The molecule has 0 aliphatic carbocycles. The molecule has 208 valence electrons. The molecule has 0 saturated carbocycles. The van der Waals surface area contributed by atoms with Gasteiger partial charge in [-0.1, -0.05) is 30.3 Å². The molecule has 0 radical (unpaired) electrons. The van der Waals surface area contributed by atoms with Crippen LogP contribution in [-0.4, -0.2) is 73.0 Å². The van der Waals surface area contributed by atoms with Gasteiger partial charge in [0.05, 0.1) is 35.2 Å². The number of ether oxygens (including phenoxy) is 2. The molecular formula is C26H28FN3O7S2. The molecule has 1 fully saturated rings. The van der Waals surface area contributed by atoms with E-state index in [0.29, 0.717) is 32.1 Å². The van der Waals surface area contributed by atoms with Crippen molar-refractivity contribution in [1.82, 2.24) is 9.62 Å². The highest BCUT2D eigenvalue weighted by Crippen LogP contribution is 2.26. The second kappa shape index (κ2) is 12.6. The van der Waals surface area contributed by atoms with E-state index in [-0.39, 0.29) is 28.6 Å². The largest absolute Gasteiger partial charge is 0.492 e. The first-order valence-electron chi connectivity index (χ1n) is 12.1. The minimum Gasteiger partial charge on any atom is -0.492 e. The Morgan fingerprint density at radius 1 is 0.897 bits per heavy atom. The molecule has 1 saturated heterocycles. The molecule has 39 heavy (non-hydrogen) atoms. The van der Waals surface area contributed by atoms with Gasteiger partial charge in [0.15, 0.2) is 0 Å². The molecule has 0 spiro atoms. The second-order valence-corrected chi connectivity index (χ2v) is 12.3. The Balaban J connectivity index is 1.34. The van der Waals surface area contributed by atoms with Crippen LogP contribution in [0.25, 0.3) is 0 Å². The van der Waals surface area contributed by atoms with Crippen LogP contribution in [0, 0.1) is 5.82 Å². The monoisotopic (exact) mass is 577 g/mol. The van der Waals surface area contributed by atoms with Crippen molar-refractivity contribution in [1.29, 1.82) is 0 Å². The number of para-hydroxylation sites is 1. The van der Waals surface area contributed by atoms with Crippen LogP contribution in [0.1, 0.15) is 0 Å². The predicted octanol–water partition coefficient (Wildman–Crippen LogP) is 2.24. The number of hydrogen-bond donors (Lipinski definition) is 1. The zero-order valence-corrected chi connectivity index (χ0v) is 22.5. The number of halogens is 1. The first kappa shape index (κ1) is 28.5. The van der Waals surface area contributed by atoms with Gasteiger partial charge < -0.3 is 14.8 Å². The summed E-state index contributed by atoms with van der Waals surface area (Å²) in [5.74, 6) is -1.05. The number of nitrogens with one attached hydrogen (secondary N) is 1.